The summed E-state index contributed by atoms with van der Waals surface area (Å²) >= 11 is 0. The number of halogens is 1. The lowest BCUT2D eigenvalue weighted by Crippen LogP contribution is -2.30. The molecule has 0 spiro atoms. The third-order valence-corrected chi connectivity index (χ3v) is 4.98. The third-order valence-electron chi connectivity index (χ3n) is 4.98. The lowest BCUT2D eigenvalue weighted by Gasteiger charge is -2.29. The molecule has 1 aliphatic heterocycles. The van der Waals surface area contributed by atoms with Crippen LogP contribution in [-0.4, -0.2) is 18.6 Å². The second kappa shape index (κ2) is 6.90. The predicted octanol–water partition coefficient (Wildman–Crippen LogP) is 4.26. The topological polar surface area (TPSA) is 28.2 Å². The zero-order valence-corrected chi connectivity index (χ0v) is 14.4. The number of hydrogen-bond acceptors (Lipinski definition) is 3. The quantitative estimate of drug-likeness (QED) is 0.908. The summed E-state index contributed by atoms with van der Waals surface area (Å²) in [5.41, 5.74) is 5.40. The van der Waals surface area contributed by atoms with E-state index in [1.165, 1.54) is 36.1 Å². The van der Waals surface area contributed by atoms with Crippen LogP contribution in [0.1, 0.15) is 36.4 Å². The molecule has 1 unspecified atom stereocenters. The maximum Gasteiger partial charge on any atom is 0.0594 e. The Morgan fingerprint density at radius 2 is 2.09 bits per heavy atom. The molecule has 23 heavy (non-hydrogen) atoms. The number of fused-ring (bicyclic) bond motifs is 1. The smallest absolute Gasteiger partial charge is 0.0594 e. The molecule has 2 heterocycles. The molecule has 1 saturated carbocycles. The monoisotopic (exact) mass is 329 g/mol. The van der Waals surface area contributed by atoms with Crippen LogP contribution in [0.5, 0.6) is 0 Å². The molecular formula is C19H24ClN3. The molecule has 2 aliphatic rings. The Morgan fingerprint density at radius 3 is 2.83 bits per heavy atom. The number of rotatable bonds is 4. The average molecular weight is 330 g/mol. The van der Waals surface area contributed by atoms with Crippen LogP contribution in [0.2, 0.25) is 0 Å². The second-order valence-corrected chi connectivity index (χ2v) is 6.59. The first-order chi connectivity index (χ1) is 10.8. The van der Waals surface area contributed by atoms with Crippen LogP contribution < -0.4 is 10.2 Å². The first-order valence-corrected chi connectivity index (χ1v) is 8.31. The summed E-state index contributed by atoms with van der Waals surface area (Å²) < 4.78 is 0. The molecule has 1 aliphatic carbocycles. The van der Waals surface area contributed by atoms with E-state index < -0.39 is 0 Å². The van der Waals surface area contributed by atoms with Gasteiger partial charge in [0.25, 0.3) is 0 Å². The fraction of sp³-hybridized carbons (Fsp3) is 0.421. The van der Waals surface area contributed by atoms with Gasteiger partial charge in [0.05, 0.1) is 11.9 Å². The van der Waals surface area contributed by atoms with E-state index >= 15 is 0 Å². The Balaban J connectivity index is 0.00000156. The number of benzene rings is 1. The molecule has 0 radical (unpaired) electrons. The van der Waals surface area contributed by atoms with Crippen molar-refractivity contribution in [1.82, 2.24) is 10.3 Å². The van der Waals surface area contributed by atoms with Crippen molar-refractivity contribution < 1.29 is 0 Å². The number of hydrogen-bond donors (Lipinski definition) is 1. The van der Waals surface area contributed by atoms with E-state index in [-0.39, 0.29) is 12.4 Å². The van der Waals surface area contributed by atoms with E-state index in [2.05, 4.69) is 46.5 Å². The summed E-state index contributed by atoms with van der Waals surface area (Å²) in [6.07, 6.45) is 9.02. The van der Waals surface area contributed by atoms with Crippen molar-refractivity contribution >= 4 is 23.8 Å². The summed E-state index contributed by atoms with van der Waals surface area (Å²) in [5, 5.41) is 3.72. The van der Waals surface area contributed by atoms with Gasteiger partial charge in [-0.3, -0.25) is 4.98 Å². The van der Waals surface area contributed by atoms with Crippen molar-refractivity contribution in [2.24, 2.45) is 5.92 Å². The van der Waals surface area contributed by atoms with Gasteiger partial charge in [-0.2, -0.15) is 0 Å². The molecular weight excluding hydrogens is 306 g/mol. The highest BCUT2D eigenvalue weighted by molar-refractivity contribution is 5.85. The van der Waals surface area contributed by atoms with Crippen molar-refractivity contribution in [3.63, 3.8) is 0 Å². The van der Waals surface area contributed by atoms with Crippen molar-refractivity contribution in [2.75, 3.05) is 18.5 Å². The second-order valence-electron chi connectivity index (χ2n) is 6.59. The minimum Gasteiger partial charge on any atom is -0.343 e. The van der Waals surface area contributed by atoms with Crippen LogP contribution in [-0.2, 0) is 6.42 Å². The Labute approximate surface area is 144 Å². The molecule has 0 bridgehead atoms. The van der Waals surface area contributed by atoms with Crippen LogP contribution in [0.3, 0.4) is 0 Å². The summed E-state index contributed by atoms with van der Waals surface area (Å²) in [7, 11) is 2.12. The van der Waals surface area contributed by atoms with Gasteiger partial charge < -0.3 is 10.2 Å². The number of nitrogens with zero attached hydrogens (tertiary/aromatic N) is 2. The van der Waals surface area contributed by atoms with Gasteiger partial charge in [0.15, 0.2) is 0 Å². The maximum atomic E-state index is 4.23. The van der Waals surface area contributed by atoms with Gasteiger partial charge in [0.2, 0.25) is 0 Å². The van der Waals surface area contributed by atoms with Gasteiger partial charge >= 0.3 is 0 Å². The fourth-order valence-electron chi connectivity index (χ4n) is 3.43. The molecule has 0 amide bonds. The van der Waals surface area contributed by atoms with Gasteiger partial charge in [0, 0.05) is 25.0 Å². The highest BCUT2D eigenvalue weighted by atomic mass is 35.5. The zero-order chi connectivity index (χ0) is 14.9. The number of anilines is 2. The molecule has 4 rings (SSSR count). The van der Waals surface area contributed by atoms with E-state index in [0.29, 0.717) is 6.04 Å². The van der Waals surface area contributed by atoms with Crippen molar-refractivity contribution in [2.45, 2.75) is 31.7 Å². The average Bonchev–Trinajstić information content (AvgIpc) is 3.39. The number of pyridine rings is 1. The molecule has 1 atom stereocenters. The molecule has 122 valence electrons. The molecule has 4 heteroatoms. The van der Waals surface area contributed by atoms with Crippen molar-refractivity contribution in [1.29, 1.82) is 0 Å². The maximum absolute atomic E-state index is 4.23. The van der Waals surface area contributed by atoms with Crippen LogP contribution in [0.4, 0.5) is 11.4 Å². The SMILES string of the molecule is CN(c1cccnc1)c1ccc2c(c1)C(CC1CC1)NCC2.Cl. The van der Waals surface area contributed by atoms with Gasteiger partial charge in [-0.15, -0.1) is 12.4 Å². The largest absolute Gasteiger partial charge is 0.343 e. The van der Waals surface area contributed by atoms with Crippen LogP contribution in [0, 0.1) is 5.92 Å². The molecule has 1 fully saturated rings. The molecule has 1 aromatic carbocycles. The summed E-state index contributed by atoms with van der Waals surface area (Å²) in [6.45, 7) is 1.11. The van der Waals surface area contributed by atoms with Crippen LogP contribution in [0.15, 0.2) is 42.7 Å². The van der Waals surface area contributed by atoms with Crippen LogP contribution >= 0.6 is 12.4 Å². The van der Waals surface area contributed by atoms with E-state index in [0.717, 1.165) is 24.6 Å². The summed E-state index contributed by atoms with van der Waals surface area (Å²) in [4.78, 5) is 6.45. The van der Waals surface area contributed by atoms with E-state index in [1.807, 2.05) is 18.5 Å². The molecule has 2 aromatic rings. The summed E-state index contributed by atoms with van der Waals surface area (Å²) in [6, 6.07) is 11.6. The van der Waals surface area contributed by atoms with Gasteiger partial charge in [-0.1, -0.05) is 18.9 Å². The predicted molar refractivity (Wildman–Crippen MR) is 97.8 cm³/mol. The van der Waals surface area contributed by atoms with E-state index in [4.69, 9.17) is 0 Å². The lowest BCUT2D eigenvalue weighted by atomic mass is 9.90. The molecule has 3 nitrogen and oxygen atoms in total. The number of aromatic nitrogens is 1. The van der Waals surface area contributed by atoms with Gasteiger partial charge in [-0.25, -0.2) is 0 Å². The normalized spacial score (nSPS) is 19.6. The van der Waals surface area contributed by atoms with Gasteiger partial charge in [0.1, 0.15) is 0 Å². The fourth-order valence-corrected chi connectivity index (χ4v) is 3.43. The third kappa shape index (κ3) is 3.51. The minimum atomic E-state index is 0. The standard InChI is InChI=1S/C19H23N3.ClH/c1-22(17-3-2-9-20-13-17)16-7-6-15-8-10-21-19(18(15)12-16)11-14-4-5-14;/h2-3,6-7,9,12-14,19,21H,4-5,8,10-11H2,1H3;1H. The molecule has 1 aromatic heterocycles. The summed E-state index contributed by atoms with van der Waals surface area (Å²) in [5.74, 6) is 0.947. The van der Waals surface area contributed by atoms with Gasteiger partial charge in [-0.05, 0) is 60.7 Å². The van der Waals surface area contributed by atoms with E-state index in [1.54, 1.807) is 0 Å². The first kappa shape index (κ1) is 16.3. The highest BCUT2D eigenvalue weighted by Gasteiger charge is 2.29. The first-order valence-electron chi connectivity index (χ1n) is 8.31. The number of nitrogens with one attached hydrogen (secondary N) is 1. The molecule has 1 N–H and O–H groups in total. The van der Waals surface area contributed by atoms with Crippen molar-refractivity contribution in [3.8, 4) is 0 Å². The minimum absolute atomic E-state index is 0. The van der Waals surface area contributed by atoms with Crippen LogP contribution in [0.25, 0.3) is 0 Å². The zero-order valence-electron chi connectivity index (χ0n) is 13.5. The lowest BCUT2D eigenvalue weighted by molar-refractivity contribution is 0.453. The Hall–Kier alpha value is -1.58. The Morgan fingerprint density at radius 1 is 1.22 bits per heavy atom. The van der Waals surface area contributed by atoms with E-state index in [9.17, 15) is 0 Å². The van der Waals surface area contributed by atoms with Crippen molar-refractivity contribution in [3.05, 3.63) is 53.9 Å². The highest BCUT2D eigenvalue weighted by Crippen LogP contribution is 2.40. The Kier molecular flexibility index (Phi) is 4.88. The Bertz CT molecular complexity index is 655. The molecule has 0 saturated heterocycles.